The van der Waals surface area contributed by atoms with E-state index in [4.69, 9.17) is 4.42 Å². The molecule has 1 heterocycles. The Hall–Kier alpha value is -2.75. The van der Waals surface area contributed by atoms with E-state index in [1.54, 1.807) is 24.4 Å². The Morgan fingerprint density at radius 3 is 2.54 bits per heavy atom. The van der Waals surface area contributed by atoms with Gasteiger partial charge in [0.05, 0.1) is 6.20 Å². The van der Waals surface area contributed by atoms with Crippen LogP contribution in [-0.2, 0) is 0 Å². The number of phenols is 1. The predicted molar refractivity (Wildman–Crippen MR) is 104 cm³/mol. The van der Waals surface area contributed by atoms with Crippen LogP contribution in [0.2, 0.25) is 0 Å². The van der Waals surface area contributed by atoms with Crippen molar-refractivity contribution in [2.75, 3.05) is 5.32 Å². The monoisotopic (exact) mass is 348 g/mol. The molecule has 0 amide bonds. The average Bonchev–Trinajstić information content (AvgIpc) is 3.11. The minimum absolute atomic E-state index is 0.203. The van der Waals surface area contributed by atoms with E-state index in [2.05, 4.69) is 41.5 Å². The van der Waals surface area contributed by atoms with Crippen LogP contribution >= 0.6 is 0 Å². The van der Waals surface area contributed by atoms with E-state index in [0.717, 1.165) is 22.9 Å². The van der Waals surface area contributed by atoms with Crippen LogP contribution in [0.25, 0.3) is 11.3 Å². The summed E-state index contributed by atoms with van der Waals surface area (Å²) in [5.41, 5.74) is 3.19. The molecular formula is C22H24N2O2. The molecule has 134 valence electrons. The maximum atomic E-state index is 9.53. The Morgan fingerprint density at radius 2 is 1.81 bits per heavy atom. The highest BCUT2D eigenvalue weighted by Gasteiger charge is 2.19. The number of benzene rings is 2. The second-order valence-electron chi connectivity index (χ2n) is 7.28. The van der Waals surface area contributed by atoms with E-state index >= 15 is 0 Å². The van der Waals surface area contributed by atoms with Crippen molar-refractivity contribution >= 4 is 11.7 Å². The number of oxazole rings is 1. The summed E-state index contributed by atoms with van der Waals surface area (Å²) in [6.07, 6.45) is 6.97. The zero-order valence-corrected chi connectivity index (χ0v) is 15.0. The number of phenolic OH excluding ortho intramolecular Hbond substituents is 1. The van der Waals surface area contributed by atoms with Crippen molar-refractivity contribution in [1.82, 2.24) is 4.98 Å². The molecule has 0 saturated heterocycles. The van der Waals surface area contributed by atoms with Gasteiger partial charge in [-0.2, -0.15) is 0 Å². The summed E-state index contributed by atoms with van der Waals surface area (Å²) in [7, 11) is 0. The third kappa shape index (κ3) is 3.74. The standard InChI is InChI=1S/C22H24N2O2/c1-15-5-7-16(8-6-15)17-9-11-18(12-10-17)21-14-23-22(26-21)24-19-3-2-4-20(25)13-19/h2-4,9-16,25H,5-8H2,1H3,(H,23,24). The molecule has 1 aliphatic carbocycles. The minimum Gasteiger partial charge on any atom is -0.508 e. The molecule has 0 unspecified atom stereocenters. The van der Waals surface area contributed by atoms with E-state index in [9.17, 15) is 5.11 Å². The van der Waals surface area contributed by atoms with Crippen LogP contribution in [0.15, 0.2) is 59.1 Å². The van der Waals surface area contributed by atoms with Crippen LogP contribution in [0.4, 0.5) is 11.7 Å². The Kier molecular flexibility index (Phi) is 4.65. The van der Waals surface area contributed by atoms with E-state index in [-0.39, 0.29) is 5.75 Å². The fourth-order valence-corrected chi connectivity index (χ4v) is 3.69. The molecule has 2 aromatic carbocycles. The molecule has 0 radical (unpaired) electrons. The van der Waals surface area contributed by atoms with E-state index in [1.165, 1.54) is 31.2 Å². The maximum absolute atomic E-state index is 9.53. The van der Waals surface area contributed by atoms with E-state index in [1.807, 2.05) is 6.07 Å². The fraction of sp³-hybridized carbons (Fsp3) is 0.318. The molecule has 1 fully saturated rings. The summed E-state index contributed by atoms with van der Waals surface area (Å²) < 4.78 is 5.81. The van der Waals surface area contributed by atoms with Gasteiger partial charge in [-0.15, -0.1) is 0 Å². The minimum atomic E-state index is 0.203. The van der Waals surface area contributed by atoms with Gasteiger partial charge in [0.25, 0.3) is 6.01 Å². The van der Waals surface area contributed by atoms with E-state index < -0.39 is 0 Å². The van der Waals surface area contributed by atoms with Crippen molar-refractivity contribution in [3.63, 3.8) is 0 Å². The number of aromatic hydroxyl groups is 1. The van der Waals surface area contributed by atoms with Gasteiger partial charge in [-0.05, 0) is 42.4 Å². The van der Waals surface area contributed by atoms with Crippen molar-refractivity contribution in [2.24, 2.45) is 5.92 Å². The Bertz CT molecular complexity index is 862. The first-order valence-corrected chi connectivity index (χ1v) is 9.29. The zero-order chi connectivity index (χ0) is 17.9. The van der Waals surface area contributed by atoms with Crippen LogP contribution in [0.1, 0.15) is 44.1 Å². The molecule has 0 aliphatic heterocycles. The highest BCUT2D eigenvalue weighted by Crippen LogP contribution is 2.36. The van der Waals surface area contributed by atoms with Crippen molar-refractivity contribution in [1.29, 1.82) is 0 Å². The summed E-state index contributed by atoms with van der Waals surface area (Å²) in [6, 6.07) is 16.0. The van der Waals surface area contributed by atoms with Crippen molar-refractivity contribution in [3.05, 3.63) is 60.3 Å². The first-order chi connectivity index (χ1) is 12.7. The number of hydrogen-bond acceptors (Lipinski definition) is 4. The van der Waals surface area contributed by atoms with Gasteiger partial charge in [0.15, 0.2) is 5.76 Å². The topological polar surface area (TPSA) is 58.3 Å². The fourth-order valence-electron chi connectivity index (χ4n) is 3.69. The normalized spacial score (nSPS) is 20.0. The summed E-state index contributed by atoms with van der Waals surface area (Å²) in [4.78, 5) is 4.28. The van der Waals surface area contributed by atoms with Gasteiger partial charge in [-0.3, -0.25) is 0 Å². The van der Waals surface area contributed by atoms with Crippen LogP contribution < -0.4 is 5.32 Å². The first-order valence-electron chi connectivity index (χ1n) is 9.29. The van der Waals surface area contributed by atoms with Gasteiger partial charge in [0.1, 0.15) is 5.75 Å². The molecule has 0 bridgehead atoms. The van der Waals surface area contributed by atoms with Gasteiger partial charge in [-0.1, -0.05) is 50.1 Å². The predicted octanol–water partition coefficient (Wildman–Crippen LogP) is 6.08. The molecule has 26 heavy (non-hydrogen) atoms. The van der Waals surface area contributed by atoms with Gasteiger partial charge in [-0.25, -0.2) is 4.98 Å². The first kappa shape index (κ1) is 16.7. The van der Waals surface area contributed by atoms with Crippen molar-refractivity contribution in [3.8, 4) is 17.1 Å². The molecule has 4 rings (SSSR count). The third-order valence-corrected chi connectivity index (χ3v) is 5.29. The average molecular weight is 348 g/mol. The number of rotatable bonds is 4. The lowest BCUT2D eigenvalue weighted by atomic mass is 9.79. The SMILES string of the molecule is CC1CCC(c2ccc(-c3cnc(Nc4cccc(O)c4)o3)cc2)CC1. The van der Waals surface area contributed by atoms with Gasteiger partial charge >= 0.3 is 0 Å². The summed E-state index contributed by atoms with van der Waals surface area (Å²) >= 11 is 0. The number of nitrogens with zero attached hydrogens (tertiary/aromatic N) is 1. The smallest absolute Gasteiger partial charge is 0.299 e. The highest BCUT2D eigenvalue weighted by atomic mass is 16.4. The van der Waals surface area contributed by atoms with Gasteiger partial charge < -0.3 is 14.8 Å². The molecule has 4 nitrogen and oxygen atoms in total. The zero-order valence-electron chi connectivity index (χ0n) is 15.0. The lowest BCUT2D eigenvalue weighted by Gasteiger charge is -2.26. The summed E-state index contributed by atoms with van der Waals surface area (Å²) in [5, 5.41) is 12.6. The number of hydrogen-bond donors (Lipinski definition) is 2. The lowest BCUT2D eigenvalue weighted by molar-refractivity contribution is 0.348. The second kappa shape index (κ2) is 7.24. The number of anilines is 2. The Balaban J connectivity index is 1.45. The quantitative estimate of drug-likeness (QED) is 0.599. The summed E-state index contributed by atoms with van der Waals surface area (Å²) in [5.74, 6) is 2.50. The molecular weight excluding hydrogens is 324 g/mol. The van der Waals surface area contributed by atoms with Crippen molar-refractivity contribution in [2.45, 2.75) is 38.5 Å². The van der Waals surface area contributed by atoms with Gasteiger partial charge in [0.2, 0.25) is 0 Å². The number of aromatic nitrogens is 1. The molecule has 2 N–H and O–H groups in total. The molecule has 1 aliphatic rings. The van der Waals surface area contributed by atoms with Crippen LogP contribution in [0.3, 0.4) is 0 Å². The van der Waals surface area contributed by atoms with Crippen LogP contribution in [-0.4, -0.2) is 10.1 Å². The molecule has 4 heteroatoms. The Morgan fingerprint density at radius 1 is 1.04 bits per heavy atom. The van der Waals surface area contributed by atoms with Crippen LogP contribution in [0, 0.1) is 5.92 Å². The molecule has 0 spiro atoms. The summed E-state index contributed by atoms with van der Waals surface area (Å²) in [6.45, 7) is 2.35. The maximum Gasteiger partial charge on any atom is 0.299 e. The molecule has 3 aromatic rings. The number of nitrogens with one attached hydrogen (secondary N) is 1. The van der Waals surface area contributed by atoms with Crippen molar-refractivity contribution < 1.29 is 9.52 Å². The van der Waals surface area contributed by atoms with Crippen LogP contribution in [0.5, 0.6) is 5.75 Å². The molecule has 0 atom stereocenters. The third-order valence-electron chi connectivity index (χ3n) is 5.29. The van der Waals surface area contributed by atoms with E-state index in [0.29, 0.717) is 11.9 Å². The Labute approximate surface area is 153 Å². The largest absolute Gasteiger partial charge is 0.508 e. The highest BCUT2D eigenvalue weighted by molar-refractivity contribution is 5.60. The van der Waals surface area contributed by atoms with Gasteiger partial charge in [0, 0.05) is 17.3 Å². The second-order valence-corrected chi connectivity index (χ2v) is 7.28. The lowest BCUT2D eigenvalue weighted by Crippen LogP contribution is -2.10. The molecule has 1 saturated carbocycles. The molecule has 1 aromatic heterocycles.